The van der Waals surface area contributed by atoms with Crippen LogP contribution in [0.25, 0.3) is 0 Å². The second-order valence-electron chi connectivity index (χ2n) is 22.2. The van der Waals surface area contributed by atoms with E-state index in [9.17, 15) is 53.3 Å². The summed E-state index contributed by atoms with van der Waals surface area (Å²) in [6.07, 6.45) is -14.9. The minimum absolute atomic E-state index is 0.0140. The summed E-state index contributed by atoms with van der Waals surface area (Å²) >= 11 is 0. The first-order valence-electron chi connectivity index (χ1n) is 27.1. The maximum absolute atomic E-state index is 16.5. The van der Waals surface area contributed by atoms with Gasteiger partial charge in [0.2, 0.25) is 0 Å². The number of hydrogen-bond donors (Lipinski definition) is 5. The van der Waals surface area contributed by atoms with Crippen molar-refractivity contribution in [3.8, 4) is 0 Å². The van der Waals surface area contributed by atoms with Gasteiger partial charge in [0.15, 0.2) is 41.3 Å². The number of hydrogen-bond acceptors (Lipinski definition) is 17. The molecule has 3 fully saturated rings. The number of Topliss-reactive ketones (excluding diaryl/α,β-unsaturated/α-hetero) is 1. The van der Waals surface area contributed by atoms with E-state index < -0.39 is 167 Å². The first kappa shape index (κ1) is 60.1. The molecule has 19 nitrogen and oxygen atoms in total. The average Bonchev–Trinajstić information content (AvgIpc) is 0.691. The molecule has 5 N–H and O–H groups in total. The molecular weight excluding hydrogens is 1090 g/mol. The number of esters is 5. The summed E-state index contributed by atoms with van der Waals surface area (Å²) < 4.78 is 66.8. The number of carbonyl (C=O) groups excluding carboxylic acids is 8. The van der Waals surface area contributed by atoms with Gasteiger partial charge < -0.3 is 54.4 Å². The van der Waals surface area contributed by atoms with Gasteiger partial charge in [0, 0.05) is 37.7 Å². The van der Waals surface area contributed by atoms with E-state index in [1.807, 2.05) is 0 Å². The van der Waals surface area contributed by atoms with Gasteiger partial charge in [-0.05, 0) is 72.5 Å². The Labute approximate surface area is 481 Å². The number of fused-ring (bicyclic) bond motifs is 5. The molecule has 84 heavy (non-hydrogen) atoms. The number of nitrogens with one attached hydrogen (secondary N) is 2. The van der Waals surface area contributed by atoms with E-state index >= 15 is 9.18 Å². The lowest BCUT2D eigenvalue weighted by molar-refractivity contribution is -0.346. The Bertz CT molecular complexity index is 3400. The molecule has 1 aliphatic heterocycles. The fourth-order valence-electron chi connectivity index (χ4n) is 12.6. The molecule has 4 aliphatic rings. The third kappa shape index (κ3) is 10.9. The molecule has 2 saturated carbocycles. The van der Waals surface area contributed by atoms with E-state index in [4.69, 9.17) is 28.4 Å². The van der Waals surface area contributed by atoms with Crippen LogP contribution >= 0.6 is 0 Å². The van der Waals surface area contributed by atoms with Gasteiger partial charge >= 0.3 is 29.8 Å². The van der Waals surface area contributed by atoms with Crippen LogP contribution in [-0.2, 0) is 52.4 Å². The van der Waals surface area contributed by atoms with Crippen LogP contribution in [-0.4, -0.2) is 123 Å². The van der Waals surface area contributed by atoms with Gasteiger partial charge in [-0.2, -0.15) is 0 Å². The summed E-state index contributed by atoms with van der Waals surface area (Å²) in [6.45, 7) is 7.16. The fraction of sp³-hybridized carbons (Fsp3) is 0.365. The molecule has 2 amide bonds. The lowest BCUT2D eigenvalue weighted by Crippen LogP contribution is -2.82. The SMILES string of the molecule is CC(=O)O[C@H]1C(=O)[C@@]2(C)C(C(OC(=O)c3ccccc3)[C@]3(O)C[C@H](OC(=O)[C@H](O)[C@@H](NC(=O)c4ccccc4)c4ccccc4)C(C)=C1C3(C)C)[C@]1(OC(C)=O)CO[C@@H]1C[C@@H]2OC(=O)C(O)C(NC(=O)c1cccc(F)c1F)c1ccccc1. The van der Waals surface area contributed by atoms with Crippen LogP contribution in [0.1, 0.15) is 109 Å². The van der Waals surface area contributed by atoms with Crippen LogP contribution in [0.15, 0.2) is 151 Å². The number of aliphatic hydroxyl groups is 3. The normalized spacial score (nSPS) is 27.2. The first-order valence-corrected chi connectivity index (χ1v) is 27.1. The standard InChI is InChI=1S/C63H62F2N2O17/c1-33-42(81-58(76)49(70)47(36-20-11-7-12-21-36)66-55(73)38-24-15-9-16-25-38)31-63(78)54(83-57(75)39-26-17-10-18-27-39)52-61(6,53(72)51(80-34(2)68)45(33)60(63,4)5)43(30-44-62(52,32-79-44)84-35(3)69)82-59(77)50(71)48(37-22-13-8-14-23-37)67-56(74)40-28-19-29-41(64)46(40)65/h7-29,42-44,47-52,54,70-71,78H,30-32H2,1-6H3,(H,66,73)(H,67,74)/t42-,43-,44+,47-,48?,49+,50?,51+,52?,54?,61+,62-,63+/m0/s1. The molecule has 3 aliphatic carbocycles. The summed E-state index contributed by atoms with van der Waals surface area (Å²) in [4.78, 5) is 115. The maximum atomic E-state index is 16.5. The number of carbonyl (C=O) groups is 8. The van der Waals surface area contributed by atoms with Crippen LogP contribution in [0.5, 0.6) is 0 Å². The molecule has 1 saturated heterocycles. The molecule has 4 unspecified atom stereocenters. The minimum atomic E-state index is -2.65. The van der Waals surface area contributed by atoms with Crippen LogP contribution < -0.4 is 10.6 Å². The Kier molecular flexibility index (Phi) is 16.9. The van der Waals surface area contributed by atoms with Gasteiger partial charge in [0.25, 0.3) is 11.8 Å². The largest absolute Gasteiger partial charge is 0.459 e. The van der Waals surface area contributed by atoms with Crippen molar-refractivity contribution in [3.05, 3.63) is 190 Å². The highest BCUT2D eigenvalue weighted by atomic mass is 19.2. The molecular formula is C63H62F2N2O17. The van der Waals surface area contributed by atoms with E-state index in [0.717, 1.165) is 32.0 Å². The monoisotopic (exact) mass is 1160 g/mol. The third-order valence-corrected chi connectivity index (χ3v) is 16.9. The number of ketones is 1. The summed E-state index contributed by atoms with van der Waals surface area (Å²) in [5, 5.41) is 43.4. The lowest BCUT2D eigenvalue weighted by atomic mass is 9.44. The van der Waals surface area contributed by atoms with Crippen molar-refractivity contribution in [1.82, 2.24) is 10.6 Å². The van der Waals surface area contributed by atoms with Crippen molar-refractivity contribution in [3.63, 3.8) is 0 Å². The van der Waals surface area contributed by atoms with Crippen molar-refractivity contribution in [1.29, 1.82) is 0 Å². The van der Waals surface area contributed by atoms with E-state index in [-0.39, 0.29) is 33.4 Å². The highest BCUT2D eigenvalue weighted by Gasteiger charge is 2.79. The van der Waals surface area contributed by atoms with Gasteiger partial charge in [-0.1, -0.05) is 117 Å². The zero-order chi connectivity index (χ0) is 60.6. The van der Waals surface area contributed by atoms with Crippen molar-refractivity contribution in [2.75, 3.05) is 6.61 Å². The van der Waals surface area contributed by atoms with E-state index in [0.29, 0.717) is 0 Å². The second-order valence-corrected chi connectivity index (χ2v) is 22.2. The zero-order valence-electron chi connectivity index (χ0n) is 46.5. The number of amides is 2. The highest BCUT2D eigenvalue weighted by molar-refractivity contribution is 5.97. The molecule has 2 bridgehead atoms. The van der Waals surface area contributed by atoms with Gasteiger partial charge in [-0.3, -0.25) is 24.0 Å². The predicted molar refractivity (Wildman–Crippen MR) is 291 cm³/mol. The van der Waals surface area contributed by atoms with Crippen LogP contribution in [0.3, 0.4) is 0 Å². The number of rotatable bonds is 16. The molecule has 13 atom stereocenters. The summed E-state index contributed by atoms with van der Waals surface area (Å²) in [5.41, 5.74) is -9.53. The first-order chi connectivity index (χ1) is 39.8. The maximum Gasteiger partial charge on any atom is 0.338 e. The third-order valence-electron chi connectivity index (χ3n) is 16.9. The molecule has 0 radical (unpaired) electrons. The summed E-state index contributed by atoms with van der Waals surface area (Å²) in [7, 11) is 0. The average molecular weight is 1160 g/mol. The van der Waals surface area contributed by atoms with E-state index in [1.165, 1.54) is 88.4 Å². The van der Waals surface area contributed by atoms with Crippen molar-refractivity contribution in [2.24, 2.45) is 16.7 Å². The summed E-state index contributed by atoms with van der Waals surface area (Å²) in [5.74, 6) is -13.7. The molecule has 5 aromatic carbocycles. The van der Waals surface area contributed by atoms with E-state index in [2.05, 4.69) is 10.6 Å². The number of ether oxygens (including phenoxy) is 6. The van der Waals surface area contributed by atoms with Gasteiger partial charge in [0.05, 0.1) is 41.2 Å². The zero-order valence-corrected chi connectivity index (χ0v) is 46.5. The Morgan fingerprint density at radius 2 is 1.18 bits per heavy atom. The molecule has 0 spiro atoms. The number of halogens is 2. The summed E-state index contributed by atoms with van der Waals surface area (Å²) in [6, 6.07) is 30.6. The number of aliphatic hydroxyl groups excluding tert-OH is 2. The van der Waals surface area contributed by atoms with Gasteiger partial charge in [-0.25, -0.2) is 23.2 Å². The highest BCUT2D eigenvalue weighted by Crippen LogP contribution is 2.65. The van der Waals surface area contributed by atoms with Gasteiger partial charge in [0.1, 0.15) is 30.0 Å². The smallest absolute Gasteiger partial charge is 0.338 e. The topological polar surface area (TPSA) is 277 Å². The molecule has 21 heteroatoms. The predicted octanol–water partition coefficient (Wildman–Crippen LogP) is 6.10. The Hall–Kier alpha value is -8.50. The van der Waals surface area contributed by atoms with Crippen LogP contribution in [0, 0.1) is 28.4 Å². The van der Waals surface area contributed by atoms with Crippen LogP contribution in [0.2, 0.25) is 0 Å². The Morgan fingerprint density at radius 1 is 0.655 bits per heavy atom. The fourth-order valence-corrected chi connectivity index (χ4v) is 12.6. The Morgan fingerprint density at radius 3 is 1.70 bits per heavy atom. The molecule has 1 heterocycles. The van der Waals surface area contributed by atoms with Crippen molar-refractivity contribution in [2.45, 2.75) is 120 Å². The van der Waals surface area contributed by atoms with Crippen LogP contribution in [0.4, 0.5) is 8.78 Å². The van der Waals surface area contributed by atoms with Gasteiger partial charge in [-0.15, -0.1) is 0 Å². The second kappa shape index (κ2) is 23.6. The quantitative estimate of drug-likeness (QED) is 0.0424. The van der Waals surface area contributed by atoms with E-state index in [1.54, 1.807) is 60.7 Å². The molecule has 9 rings (SSSR count). The van der Waals surface area contributed by atoms with Crippen molar-refractivity contribution < 1.29 is 90.9 Å². The minimum Gasteiger partial charge on any atom is -0.459 e. The lowest BCUT2D eigenvalue weighted by Gasteiger charge is -2.67. The molecule has 5 aromatic rings. The molecule has 440 valence electrons. The number of benzene rings is 5. The Balaban J connectivity index is 1.19. The molecule has 0 aromatic heterocycles. The van der Waals surface area contributed by atoms with Crippen molar-refractivity contribution >= 4 is 47.4 Å².